The fourth-order valence-corrected chi connectivity index (χ4v) is 5.28. The van der Waals surface area contributed by atoms with Gasteiger partial charge in [0.05, 0.1) is 31.6 Å². The summed E-state index contributed by atoms with van der Waals surface area (Å²) in [7, 11) is 0. The molecule has 0 aliphatic rings. The monoisotopic (exact) mass is 592 g/mol. The van der Waals surface area contributed by atoms with Gasteiger partial charge in [-0.05, 0) is 48.5 Å². The molecule has 4 nitrogen and oxygen atoms in total. The van der Waals surface area contributed by atoms with E-state index in [0.717, 1.165) is 41.6 Å². The molecule has 158 valence electrons. The van der Waals surface area contributed by atoms with Crippen LogP contribution in [0.4, 0.5) is 0 Å². The summed E-state index contributed by atoms with van der Waals surface area (Å²) in [6, 6.07) is 30.5. The van der Waals surface area contributed by atoms with Crippen molar-refractivity contribution in [3.05, 3.63) is 97.1 Å². The first kappa shape index (κ1) is 24.0. The summed E-state index contributed by atoms with van der Waals surface area (Å²) in [5, 5.41) is 21.2. The van der Waals surface area contributed by atoms with E-state index in [1.54, 1.807) is 34.8 Å². The first-order valence-electron chi connectivity index (χ1n) is 9.97. The SMILES string of the molecule is Oc1ccccc1-c1nc2ccccc2s1.Oc1ccccc1-c1nc2ccccc2s1.[Ba]. The number of nitrogens with zero attached hydrogens (tertiary/aromatic N) is 2. The molecule has 6 aromatic rings. The zero-order valence-electron chi connectivity index (χ0n) is 17.6. The molecule has 33 heavy (non-hydrogen) atoms. The number of hydrogen-bond acceptors (Lipinski definition) is 6. The Labute approximate surface area is 239 Å². The number of para-hydroxylation sites is 4. The van der Waals surface area contributed by atoms with Crippen molar-refractivity contribution in [2.24, 2.45) is 0 Å². The fraction of sp³-hybridized carbons (Fsp3) is 0. The van der Waals surface area contributed by atoms with E-state index in [1.165, 1.54) is 0 Å². The molecule has 0 spiro atoms. The van der Waals surface area contributed by atoms with Crippen LogP contribution in [-0.2, 0) is 0 Å². The van der Waals surface area contributed by atoms with Crippen LogP contribution in [0.25, 0.3) is 41.6 Å². The topological polar surface area (TPSA) is 66.2 Å². The molecule has 4 aromatic carbocycles. The Bertz CT molecular complexity index is 1350. The second-order valence-corrected chi connectivity index (χ2v) is 9.07. The van der Waals surface area contributed by atoms with Crippen LogP contribution in [0, 0.1) is 0 Å². The number of phenols is 2. The molecule has 0 atom stereocenters. The molecule has 0 aliphatic carbocycles. The van der Waals surface area contributed by atoms with E-state index in [-0.39, 0.29) is 60.4 Å². The minimum absolute atomic E-state index is 0. The maximum absolute atomic E-state index is 9.76. The quantitative estimate of drug-likeness (QED) is 0.214. The van der Waals surface area contributed by atoms with Crippen LogP contribution in [0.1, 0.15) is 0 Å². The number of aromatic nitrogens is 2. The molecule has 0 unspecified atom stereocenters. The molecule has 0 saturated carbocycles. The van der Waals surface area contributed by atoms with E-state index in [0.29, 0.717) is 0 Å². The summed E-state index contributed by atoms with van der Waals surface area (Å²) in [4.78, 5) is 9.00. The van der Waals surface area contributed by atoms with E-state index in [1.807, 2.05) is 84.9 Å². The summed E-state index contributed by atoms with van der Waals surface area (Å²) in [5.74, 6) is 0.558. The first-order valence-corrected chi connectivity index (χ1v) is 11.6. The van der Waals surface area contributed by atoms with E-state index < -0.39 is 0 Å². The van der Waals surface area contributed by atoms with Crippen molar-refractivity contribution in [3.63, 3.8) is 0 Å². The molecule has 0 aliphatic heterocycles. The van der Waals surface area contributed by atoms with Crippen LogP contribution in [0.15, 0.2) is 97.1 Å². The Balaban J connectivity index is 0.000000152. The second kappa shape index (κ2) is 10.8. The summed E-state index contributed by atoms with van der Waals surface area (Å²) in [6.45, 7) is 0. The smallest absolute Gasteiger partial charge is 0.128 e. The van der Waals surface area contributed by atoms with Gasteiger partial charge in [-0.25, -0.2) is 9.97 Å². The van der Waals surface area contributed by atoms with Crippen LogP contribution in [-0.4, -0.2) is 69.1 Å². The van der Waals surface area contributed by atoms with Gasteiger partial charge < -0.3 is 10.2 Å². The van der Waals surface area contributed by atoms with Gasteiger partial charge in [0.1, 0.15) is 21.5 Å². The zero-order chi connectivity index (χ0) is 21.9. The Morgan fingerprint density at radius 2 is 0.848 bits per heavy atom. The minimum atomic E-state index is 0. The maximum atomic E-state index is 9.76. The van der Waals surface area contributed by atoms with E-state index in [9.17, 15) is 10.2 Å². The van der Waals surface area contributed by atoms with Crippen LogP contribution in [0.2, 0.25) is 0 Å². The number of aromatic hydroxyl groups is 2. The molecule has 6 rings (SSSR count). The number of hydrogen-bond donors (Lipinski definition) is 2. The number of benzene rings is 4. The largest absolute Gasteiger partial charge is 0.507 e. The van der Waals surface area contributed by atoms with Crippen LogP contribution in [0.3, 0.4) is 0 Å². The number of rotatable bonds is 2. The molecule has 2 radical (unpaired) electrons. The predicted octanol–water partition coefficient (Wildman–Crippen LogP) is 6.96. The zero-order valence-corrected chi connectivity index (χ0v) is 23.6. The molecule has 0 amide bonds. The van der Waals surface area contributed by atoms with Crippen molar-refractivity contribution in [1.29, 1.82) is 0 Å². The normalized spacial score (nSPS) is 10.4. The third-order valence-corrected chi connectivity index (χ3v) is 7.00. The van der Waals surface area contributed by atoms with E-state index >= 15 is 0 Å². The Kier molecular flexibility index (Phi) is 7.87. The summed E-state index contributed by atoms with van der Waals surface area (Å²) in [5.41, 5.74) is 3.55. The fourth-order valence-electron chi connectivity index (χ4n) is 3.28. The average molecular weight is 592 g/mol. The minimum Gasteiger partial charge on any atom is -0.507 e. The van der Waals surface area contributed by atoms with Gasteiger partial charge in [0.15, 0.2) is 0 Å². The molecular formula is C26H18BaN2O2S2. The standard InChI is InChI=1S/2C13H9NOS.Ba/c2*15-11-7-3-1-5-9(11)13-14-10-6-2-4-8-12(10)16-13;/h2*1-8,15H;. The van der Waals surface area contributed by atoms with Gasteiger partial charge in [-0.3, -0.25) is 0 Å². The Morgan fingerprint density at radius 1 is 0.485 bits per heavy atom. The summed E-state index contributed by atoms with van der Waals surface area (Å²) >= 11 is 3.19. The number of thiazole rings is 2. The predicted molar refractivity (Wildman–Crippen MR) is 139 cm³/mol. The number of phenolic OH excluding ortho intramolecular Hbond substituents is 2. The van der Waals surface area contributed by atoms with Crippen LogP contribution < -0.4 is 0 Å². The van der Waals surface area contributed by atoms with Crippen molar-refractivity contribution >= 4 is 92.0 Å². The van der Waals surface area contributed by atoms with Gasteiger partial charge in [-0.1, -0.05) is 48.5 Å². The summed E-state index contributed by atoms with van der Waals surface area (Å²) in [6.07, 6.45) is 0. The molecule has 2 aromatic heterocycles. The molecule has 7 heteroatoms. The third kappa shape index (κ3) is 5.33. The first-order chi connectivity index (χ1) is 15.7. The van der Waals surface area contributed by atoms with Crippen LogP contribution >= 0.6 is 22.7 Å². The van der Waals surface area contributed by atoms with Crippen molar-refractivity contribution in [2.45, 2.75) is 0 Å². The summed E-state index contributed by atoms with van der Waals surface area (Å²) < 4.78 is 2.28. The van der Waals surface area contributed by atoms with E-state index in [2.05, 4.69) is 9.97 Å². The van der Waals surface area contributed by atoms with Gasteiger partial charge in [0.25, 0.3) is 0 Å². The third-order valence-electron chi connectivity index (χ3n) is 4.86. The molecule has 0 saturated heterocycles. The van der Waals surface area contributed by atoms with Crippen molar-refractivity contribution in [1.82, 2.24) is 9.97 Å². The Hall–Kier alpha value is -2.17. The molecule has 2 heterocycles. The Morgan fingerprint density at radius 3 is 1.24 bits per heavy atom. The molecule has 2 N–H and O–H groups in total. The van der Waals surface area contributed by atoms with Gasteiger partial charge in [0, 0.05) is 48.9 Å². The van der Waals surface area contributed by atoms with Crippen molar-refractivity contribution in [2.75, 3.05) is 0 Å². The van der Waals surface area contributed by atoms with E-state index in [4.69, 9.17) is 0 Å². The van der Waals surface area contributed by atoms with Gasteiger partial charge in [-0.2, -0.15) is 0 Å². The average Bonchev–Trinajstić information content (AvgIpc) is 3.44. The molecule has 0 fully saturated rings. The van der Waals surface area contributed by atoms with Gasteiger partial charge >= 0.3 is 0 Å². The maximum Gasteiger partial charge on any atom is 0.128 e. The van der Waals surface area contributed by atoms with Crippen molar-refractivity contribution in [3.8, 4) is 32.6 Å². The number of fused-ring (bicyclic) bond motifs is 2. The molecular weight excluding hydrogens is 574 g/mol. The van der Waals surface area contributed by atoms with Crippen LogP contribution in [0.5, 0.6) is 11.5 Å². The van der Waals surface area contributed by atoms with Crippen molar-refractivity contribution < 1.29 is 10.2 Å². The second-order valence-electron chi connectivity index (χ2n) is 7.01. The van der Waals surface area contributed by atoms with Gasteiger partial charge in [-0.15, -0.1) is 22.7 Å². The van der Waals surface area contributed by atoms with Gasteiger partial charge in [0.2, 0.25) is 0 Å². The molecule has 0 bridgehead atoms.